The highest BCUT2D eigenvalue weighted by Crippen LogP contribution is 2.21. The molecule has 0 bridgehead atoms. The molecule has 126 valence electrons. The second-order valence-corrected chi connectivity index (χ2v) is 6.37. The van der Waals surface area contributed by atoms with Gasteiger partial charge in [0.2, 0.25) is 0 Å². The Bertz CT molecular complexity index is 634. The molecule has 0 fully saturated rings. The Morgan fingerprint density at radius 3 is 2.52 bits per heavy atom. The normalized spacial score (nSPS) is 11.4. The topological polar surface area (TPSA) is 41.3 Å². The van der Waals surface area contributed by atoms with Crippen LogP contribution in [0.4, 0.5) is 0 Å². The maximum Gasteiger partial charge on any atom is 0.0678 e. The third-order valence-electron chi connectivity index (χ3n) is 4.41. The lowest BCUT2D eigenvalue weighted by molar-refractivity contribution is 0.271. The Kier molecular flexibility index (Phi) is 6.37. The number of aryl methyl sites for hydroxylation is 2. The quantitative estimate of drug-likeness (QED) is 0.759. The van der Waals surface area contributed by atoms with Crippen molar-refractivity contribution in [2.24, 2.45) is 0 Å². The second kappa shape index (κ2) is 8.27. The van der Waals surface area contributed by atoms with E-state index in [4.69, 9.17) is 10.2 Å². The van der Waals surface area contributed by atoms with Gasteiger partial charge in [-0.25, -0.2) is 4.68 Å². The van der Waals surface area contributed by atoms with Gasteiger partial charge < -0.3 is 10.0 Å². The molecule has 0 aliphatic carbocycles. The number of aliphatic hydroxyl groups is 1. The molecule has 0 unspecified atom stereocenters. The van der Waals surface area contributed by atoms with Gasteiger partial charge in [-0.3, -0.25) is 0 Å². The number of aliphatic hydroxyl groups excluding tert-OH is 1. The molecule has 23 heavy (non-hydrogen) atoms. The second-order valence-electron chi connectivity index (χ2n) is 6.37. The molecule has 4 nitrogen and oxygen atoms in total. The van der Waals surface area contributed by atoms with Gasteiger partial charge in [0.25, 0.3) is 0 Å². The highest BCUT2D eigenvalue weighted by molar-refractivity contribution is 5.42. The fraction of sp³-hybridized carbons (Fsp3) is 0.526. The largest absolute Gasteiger partial charge is 0.396 e. The van der Waals surface area contributed by atoms with E-state index in [1.807, 2.05) is 0 Å². The molecule has 2 rings (SSSR count). The molecule has 1 aromatic heterocycles. The molecule has 1 N–H and O–H groups in total. The Morgan fingerprint density at radius 2 is 1.83 bits per heavy atom. The number of hydrogen-bond acceptors (Lipinski definition) is 3. The van der Waals surface area contributed by atoms with Gasteiger partial charge in [0, 0.05) is 24.4 Å². The maximum absolute atomic E-state index is 8.85. The number of hydrogen-bond donors (Lipinski definition) is 1. The molecule has 0 aliphatic heterocycles. The summed E-state index contributed by atoms with van der Waals surface area (Å²) in [4.78, 5) is 2.34. The standard InChI is InChI=1S/C19H29N3O/c1-15-10-6-7-11-19(15)22-17(3)18(16(2)20-22)14-21(4)12-8-5-9-13-23/h6-7,10-11,23H,5,8-9,12-14H2,1-4H3. The number of para-hydroxylation sites is 1. The first-order valence-electron chi connectivity index (χ1n) is 8.45. The Balaban J connectivity index is 2.11. The van der Waals surface area contributed by atoms with Crippen molar-refractivity contribution in [2.75, 3.05) is 20.2 Å². The van der Waals surface area contributed by atoms with Crippen LogP contribution in [0.15, 0.2) is 24.3 Å². The summed E-state index contributed by atoms with van der Waals surface area (Å²) in [5.41, 5.74) is 6.04. The zero-order valence-corrected chi connectivity index (χ0v) is 14.8. The van der Waals surface area contributed by atoms with Crippen LogP contribution in [0.1, 0.15) is 41.8 Å². The molecule has 0 spiro atoms. The number of nitrogens with zero attached hydrogens (tertiary/aromatic N) is 3. The molecule has 0 amide bonds. The average Bonchev–Trinajstić information content (AvgIpc) is 2.80. The molecule has 2 aromatic rings. The van der Waals surface area contributed by atoms with E-state index in [2.05, 4.69) is 61.7 Å². The van der Waals surface area contributed by atoms with Gasteiger partial charge in [0.1, 0.15) is 0 Å². The van der Waals surface area contributed by atoms with Crippen LogP contribution in [0.3, 0.4) is 0 Å². The molecule has 0 atom stereocenters. The molecule has 4 heteroatoms. The van der Waals surface area contributed by atoms with Crippen molar-refractivity contribution in [3.05, 3.63) is 46.8 Å². The maximum atomic E-state index is 8.85. The minimum atomic E-state index is 0.297. The highest BCUT2D eigenvalue weighted by atomic mass is 16.2. The van der Waals surface area contributed by atoms with Gasteiger partial charge in [-0.15, -0.1) is 0 Å². The third kappa shape index (κ3) is 4.43. The summed E-state index contributed by atoms with van der Waals surface area (Å²) in [6.07, 6.45) is 3.11. The summed E-state index contributed by atoms with van der Waals surface area (Å²) in [5, 5.41) is 13.6. The van der Waals surface area contributed by atoms with E-state index in [1.54, 1.807) is 0 Å². The van der Waals surface area contributed by atoms with Crippen molar-refractivity contribution in [2.45, 2.75) is 46.6 Å². The smallest absolute Gasteiger partial charge is 0.0678 e. The first-order valence-corrected chi connectivity index (χ1v) is 8.45. The zero-order valence-electron chi connectivity index (χ0n) is 14.8. The van der Waals surface area contributed by atoms with Crippen molar-refractivity contribution in [1.82, 2.24) is 14.7 Å². The van der Waals surface area contributed by atoms with Crippen molar-refractivity contribution >= 4 is 0 Å². The first kappa shape index (κ1) is 17.7. The van der Waals surface area contributed by atoms with Gasteiger partial charge in [0.05, 0.1) is 11.4 Å². The van der Waals surface area contributed by atoms with Gasteiger partial charge in [-0.05, 0) is 65.3 Å². The van der Waals surface area contributed by atoms with E-state index >= 15 is 0 Å². The summed E-state index contributed by atoms with van der Waals surface area (Å²) >= 11 is 0. The van der Waals surface area contributed by atoms with Crippen molar-refractivity contribution in [3.8, 4) is 5.69 Å². The lowest BCUT2D eigenvalue weighted by Crippen LogP contribution is -2.20. The monoisotopic (exact) mass is 315 g/mol. The SMILES string of the molecule is Cc1ccccc1-n1nc(C)c(CN(C)CCCCCO)c1C. The summed E-state index contributed by atoms with van der Waals surface area (Å²) in [6.45, 7) is 8.64. The van der Waals surface area contributed by atoms with Crippen LogP contribution in [-0.2, 0) is 6.54 Å². The van der Waals surface area contributed by atoms with Gasteiger partial charge >= 0.3 is 0 Å². The van der Waals surface area contributed by atoms with E-state index < -0.39 is 0 Å². The van der Waals surface area contributed by atoms with E-state index in [9.17, 15) is 0 Å². The predicted molar refractivity (Wildman–Crippen MR) is 95.0 cm³/mol. The summed E-state index contributed by atoms with van der Waals surface area (Å²) < 4.78 is 2.07. The Morgan fingerprint density at radius 1 is 1.09 bits per heavy atom. The fourth-order valence-electron chi connectivity index (χ4n) is 2.96. The molecule has 0 saturated carbocycles. The lowest BCUT2D eigenvalue weighted by atomic mass is 10.1. The number of aromatic nitrogens is 2. The van der Waals surface area contributed by atoms with E-state index in [1.165, 1.54) is 16.8 Å². The van der Waals surface area contributed by atoms with E-state index in [0.717, 1.165) is 43.7 Å². The van der Waals surface area contributed by atoms with Gasteiger partial charge in [-0.1, -0.05) is 18.2 Å². The lowest BCUT2D eigenvalue weighted by Gasteiger charge is -2.17. The van der Waals surface area contributed by atoms with E-state index in [-0.39, 0.29) is 0 Å². The third-order valence-corrected chi connectivity index (χ3v) is 4.41. The molecule has 0 saturated heterocycles. The Hall–Kier alpha value is -1.65. The van der Waals surface area contributed by atoms with Crippen LogP contribution >= 0.6 is 0 Å². The fourth-order valence-corrected chi connectivity index (χ4v) is 2.96. The van der Waals surface area contributed by atoms with Crippen LogP contribution < -0.4 is 0 Å². The molecule has 0 radical (unpaired) electrons. The van der Waals surface area contributed by atoms with Crippen LogP contribution in [0.5, 0.6) is 0 Å². The van der Waals surface area contributed by atoms with Gasteiger partial charge in [-0.2, -0.15) is 5.10 Å². The molecule has 1 aromatic carbocycles. The molecular formula is C19H29N3O. The number of unbranched alkanes of at least 4 members (excludes halogenated alkanes) is 2. The first-order chi connectivity index (χ1) is 11.0. The Labute approximate surface area is 139 Å². The van der Waals surface area contributed by atoms with E-state index in [0.29, 0.717) is 6.61 Å². The van der Waals surface area contributed by atoms with Crippen LogP contribution in [-0.4, -0.2) is 40.0 Å². The van der Waals surface area contributed by atoms with Crippen LogP contribution in [0.25, 0.3) is 5.69 Å². The molecular weight excluding hydrogens is 286 g/mol. The summed E-state index contributed by atoms with van der Waals surface area (Å²) in [7, 11) is 2.16. The number of rotatable bonds is 8. The van der Waals surface area contributed by atoms with Crippen LogP contribution in [0.2, 0.25) is 0 Å². The van der Waals surface area contributed by atoms with Crippen molar-refractivity contribution < 1.29 is 5.11 Å². The van der Waals surface area contributed by atoms with Crippen molar-refractivity contribution in [1.29, 1.82) is 0 Å². The summed E-state index contributed by atoms with van der Waals surface area (Å²) in [5.74, 6) is 0. The minimum Gasteiger partial charge on any atom is -0.396 e. The van der Waals surface area contributed by atoms with Gasteiger partial charge in [0.15, 0.2) is 0 Å². The zero-order chi connectivity index (χ0) is 16.8. The van der Waals surface area contributed by atoms with Crippen molar-refractivity contribution in [3.63, 3.8) is 0 Å². The average molecular weight is 315 g/mol. The highest BCUT2D eigenvalue weighted by Gasteiger charge is 2.15. The number of benzene rings is 1. The predicted octanol–water partition coefficient (Wildman–Crippen LogP) is 3.39. The molecule has 1 heterocycles. The van der Waals surface area contributed by atoms with Crippen LogP contribution in [0, 0.1) is 20.8 Å². The summed E-state index contributed by atoms with van der Waals surface area (Å²) in [6, 6.07) is 8.37. The minimum absolute atomic E-state index is 0.297. The molecule has 0 aliphatic rings.